The second-order valence-electron chi connectivity index (χ2n) is 29.4. The monoisotopic (exact) mass is 2070 g/mol. The highest BCUT2D eigenvalue weighted by atomic mass is 131. The Morgan fingerprint density at radius 3 is 0.904 bits per heavy atom. The van der Waals surface area contributed by atoms with Gasteiger partial charge in [-0.25, -0.2) is 39.9 Å². The molecule has 0 unspecified atom stereocenters. The summed E-state index contributed by atoms with van der Waals surface area (Å²) in [6, 6.07) is 24.9. The van der Waals surface area contributed by atoms with E-state index >= 15 is 0 Å². The first kappa shape index (κ1) is 85.0. The van der Waals surface area contributed by atoms with Crippen molar-refractivity contribution < 1.29 is 37.9 Å². The number of rotatable bonds is 26. The van der Waals surface area contributed by atoms with Crippen LogP contribution in [-0.4, -0.2) is 135 Å². The van der Waals surface area contributed by atoms with E-state index in [4.69, 9.17) is 80.8 Å². The zero-order chi connectivity index (χ0) is 80.5. The van der Waals surface area contributed by atoms with Crippen LogP contribution in [0.2, 0.25) is 0 Å². The number of hydrogen-bond donors (Lipinski definition) is 8. The molecular formula is C78H92I4N20O8S4. The summed E-state index contributed by atoms with van der Waals surface area (Å²) >= 11 is 15.7. The summed E-state index contributed by atoms with van der Waals surface area (Å²) in [5, 5.41) is 17.6. The van der Waals surface area contributed by atoms with Crippen molar-refractivity contribution in [2.24, 2.45) is 0 Å². The fourth-order valence-corrected chi connectivity index (χ4v) is 19.2. The predicted octanol–water partition coefficient (Wildman–Crippen LogP) is 16.3. The highest BCUT2D eigenvalue weighted by molar-refractivity contribution is 14.1. The Morgan fingerprint density at radius 1 is 0.386 bits per heavy atom. The third kappa shape index (κ3) is 21.3. The lowest BCUT2D eigenvalue weighted by molar-refractivity contribution is 0.173. The van der Waals surface area contributed by atoms with Crippen LogP contribution in [0.3, 0.4) is 0 Å². The minimum Gasteiger partial charge on any atom is -0.454 e. The minimum atomic E-state index is 0.103. The molecule has 0 spiro atoms. The molecule has 114 heavy (non-hydrogen) atoms. The number of aryl methyl sites for hydroxylation is 4. The van der Waals surface area contributed by atoms with Crippen molar-refractivity contribution in [3.63, 3.8) is 0 Å². The Hall–Kier alpha value is -6.88. The van der Waals surface area contributed by atoms with Crippen LogP contribution in [0, 0.1) is 14.3 Å². The molecule has 12 heterocycles. The smallest absolute Gasteiger partial charge is 0.231 e. The van der Waals surface area contributed by atoms with Gasteiger partial charge >= 0.3 is 0 Å². The molecule has 0 bridgehead atoms. The normalized spacial score (nSPS) is 13.2. The molecular weight excluding hydrogens is 1980 g/mol. The number of aromatic nitrogens is 12. The zero-order valence-corrected chi connectivity index (χ0v) is 76.7. The number of fused-ring (bicyclic) bond motifs is 8. The average Bonchev–Trinajstić information content (AvgIpc) is 1.64. The van der Waals surface area contributed by atoms with Gasteiger partial charge in [0.25, 0.3) is 0 Å². The molecule has 0 fully saturated rings. The SMILES string of the molecule is CC(C)(C)NCCCn1c(Sc2cc3c(cc2[124I])OCO3)nc2c(N)nccc21.CC(C)(C)NCCCn1c(Sc2cc3c(cc2[131I])OCO3)nc2c(N)nccc21.CC(C)NCCCn1c(Sc2cc3c(cc2[124I])OCO3)nc2c(N)nccc21.CC(C)NCCCn1c(Sc2cc3c(cc2[131I])OCO3)nc2c(N)nccc21. The van der Waals surface area contributed by atoms with Gasteiger partial charge in [0, 0.05) is 108 Å². The zero-order valence-electron chi connectivity index (χ0n) is 64.8. The van der Waals surface area contributed by atoms with E-state index in [-0.39, 0.29) is 38.2 Å². The molecule has 16 rings (SSSR count). The van der Waals surface area contributed by atoms with Crippen molar-refractivity contribution in [2.75, 3.05) is 76.3 Å². The Morgan fingerprint density at radius 2 is 0.632 bits per heavy atom. The predicted molar refractivity (Wildman–Crippen MR) is 486 cm³/mol. The first-order chi connectivity index (χ1) is 54.7. The van der Waals surface area contributed by atoms with E-state index in [1.165, 1.54) is 0 Å². The Kier molecular flexibility index (Phi) is 28.5. The molecule has 4 aliphatic heterocycles. The molecule has 8 aromatic heterocycles. The van der Waals surface area contributed by atoms with Gasteiger partial charge in [-0.2, -0.15) is 0 Å². The summed E-state index contributed by atoms with van der Waals surface area (Å²) in [6.07, 6.45) is 10.9. The lowest BCUT2D eigenvalue weighted by atomic mass is 10.1. The minimum absolute atomic E-state index is 0.103. The highest BCUT2D eigenvalue weighted by Gasteiger charge is 2.27. The van der Waals surface area contributed by atoms with Gasteiger partial charge in [0.15, 0.2) is 89.9 Å². The quantitative estimate of drug-likeness (QED) is 0.0184. The largest absolute Gasteiger partial charge is 0.454 e. The van der Waals surface area contributed by atoms with Crippen LogP contribution < -0.4 is 82.1 Å². The maximum absolute atomic E-state index is 6.10. The molecule has 0 saturated heterocycles. The lowest BCUT2D eigenvalue weighted by Crippen LogP contribution is -2.36. The van der Waals surface area contributed by atoms with Crippen LogP contribution in [0.4, 0.5) is 23.3 Å². The van der Waals surface area contributed by atoms with Crippen LogP contribution in [0.15, 0.2) is 138 Å². The summed E-state index contributed by atoms with van der Waals surface area (Å²) < 4.78 is 57.3. The average molecular weight is 2080 g/mol. The molecule has 12 N–H and O–H groups in total. The number of nitrogens with zero attached hydrogens (tertiary/aromatic N) is 12. The van der Waals surface area contributed by atoms with Gasteiger partial charge in [-0.15, -0.1) is 0 Å². The van der Waals surface area contributed by atoms with Gasteiger partial charge < -0.3 is 100 Å². The third-order valence-electron chi connectivity index (χ3n) is 17.8. The van der Waals surface area contributed by atoms with E-state index < -0.39 is 0 Å². The molecule has 28 nitrogen and oxygen atoms in total. The maximum atomic E-state index is 6.10. The van der Waals surface area contributed by atoms with Gasteiger partial charge in [-0.1, -0.05) is 74.7 Å². The molecule has 604 valence electrons. The number of halogens is 4. The van der Waals surface area contributed by atoms with Crippen molar-refractivity contribution in [3.05, 3.63) is 112 Å². The number of imidazole rings is 4. The van der Waals surface area contributed by atoms with E-state index in [0.29, 0.717) is 35.4 Å². The topological polar surface area (TPSA) is 349 Å². The lowest BCUT2D eigenvalue weighted by Gasteiger charge is -2.20. The first-order valence-electron chi connectivity index (χ1n) is 37.2. The number of nitrogens with two attached hydrogens (primary N) is 4. The van der Waals surface area contributed by atoms with Crippen molar-refractivity contribution in [3.8, 4) is 46.0 Å². The van der Waals surface area contributed by atoms with Crippen LogP contribution in [0.5, 0.6) is 46.0 Å². The molecule has 0 radical (unpaired) electrons. The fourth-order valence-electron chi connectivity index (χ4n) is 12.3. The standard InChI is InChI=1S/2C20H24IN5O2S.2C19H22IN5O2S/c2*1-20(2,3)24-6-4-8-26-13-5-7-23-18(22)17(13)25-19(26)29-16-10-15-14(9-12(16)21)27-11-28-15;2*1-11(2)22-5-3-7-25-13-4-6-23-18(21)17(13)24-19(25)28-16-9-15-14(8-12(16)20)26-10-27-15/h2*5,7,9-10,24H,4,6,8,11H2,1-3H3,(H2,22,23);2*4,6,8-9,11,22H,3,5,7,10H2,1-2H3,(H2,21,23)/i21+4;21-3;20+4;20-3. The fraction of sp³-hybridized carbons (Fsp3) is 0.385. The van der Waals surface area contributed by atoms with E-state index in [9.17, 15) is 0 Å². The van der Waals surface area contributed by atoms with Gasteiger partial charge in [-0.3, -0.25) is 0 Å². The summed E-state index contributed by atoms with van der Waals surface area (Å²) in [5.41, 5.74) is 31.6. The van der Waals surface area contributed by atoms with Crippen LogP contribution in [0.1, 0.15) is 94.9 Å². The van der Waals surface area contributed by atoms with E-state index in [1.807, 2.05) is 72.8 Å². The van der Waals surface area contributed by atoms with E-state index in [2.05, 4.69) is 219 Å². The second kappa shape index (κ2) is 38.2. The third-order valence-corrected chi connectivity index (χ3v) is 27.0. The molecule has 0 atom stereocenters. The number of benzene rings is 4. The molecule has 4 aromatic carbocycles. The van der Waals surface area contributed by atoms with E-state index in [1.54, 1.807) is 71.8 Å². The summed E-state index contributed by atoms with van der Waals surface area (Å²) in [6.45, 7) is 29.9. The number of anilines is 4. The van der Waals surface area contributed by atoms with Gasteiger partial charge in [0.1, 0.15) is 22.1 Å². The number of nitrogen functional groups attached to an aromatic ring is 4. The van der Waals surface area contributed by atoms with Crippen LogP contribution >= 0.6 is 137 Å². The van der Waals surface area contributed by atoms with Gasteiger partial charge in [0.05, 0.1) is 22.1 Å². The van der Waals surface area contributed by atoms with Crippen molar-refractivity contribution >= 4 is 205 Å². The highest BCUT2D eigenvalue weighted by Crippen LogP contribution is 2.47. The van der Waals surface area contributed by atoms with Gasteiger partial charge in [0.2, 0.25) is 27.2 Å². The molecule has 0 saturated carbocycles. The van der Waals surface area contributed by atoms with Crippen LogP contribution in [-0.2, 0) is 26.2 Å². The molecule has 12 aromatic rings. The Balaban J connectivity index is 0.000000133. The summed E-state index contributed by atoms with van der Waals surface area (Å²) in [5.74, 6) is 8.05. The Bertz CT molecular complexity index is 5100. The molecule has 0 amide bonds. The molecule has 0 aliphatic carbocycles. The first-order valence-corrected chi connectivity index (χ1v) is 44.7. The second-order valence-corrected chi connectivity index (χ2v) is 38.1. The number of pyridine rings is 4. The van der Waals surface area contributed by atoms with Crippen molar-refractivity contribution in [2.45, 2.75) is 184 Å². The molecule has 36 heteroatoms. The van der Waals surface area contributed by atoms with Crippen molar-refractivity contribution in [1.82, 2.24) is 79.4 Å². The van der Waals surface area contributed by atoms with E-state index in [0.717, 1.165) is 223 Å². The maximum Gasteiger partial charge on any atom is 0.231 e. The molecule has 4 aliphatic rings. The number of nitrogens with one attached hydrogen (secondary N) is 4. The van der Waals surface area contributed by atoms with Crippen molar-refractivity contribution in [1.29, 1.82) is 0 Å². The van der Waals surface area contributed by atoms with Crippen LogP contribution in [0.25, 0.3) is 44.1 Å². The van der Waals surface area contributed by atoms with Gasteiger partial charge in [-0.05, 0) is 257 Å². The number of hydrogen-bond acceptors (Lipinski definition) is 28. The summed E-state index contributed by atoms with van der Waals surface area (Å²) in [7, 11) is 0. The summed E-state index contributed by atoms with van der Waals surface area (Å²) in [4.78, 5) is 40.3. The number of ether oxygens (including phenoxy) is 8. The Labute approximate surface area is 733 Å².